The fourth-order valence-corrected chi connectivity index (χ4v) is 4.30. The second kappa shape index (κ2) is 6.07. The van der Waals surface area contributed by atoms with Gasteiger partial charge in [0.2, 0.25) is 0 Å². The van der Waals surface area contributed by atoms with E-state index in [4.69, 9.17) is 4.98 Å². The number of nitrogens with zero attached hydrogens (tertiary/aromatic N) is 5. The number of aromatic hydroxyl groups is 1. The molecule has 1 aliphatic heterocycles. The lowest BCUT2D eigenvalue weighted by Gasteiger charge is -2.34. The van der Waals surface area contributed by atoms with Crippen LogP contribution in [0.1, 0.15) is 11.3 Å². The maximum absolute atomic E-state index is 9.59. The van der Waals surface area contributed by atoms with E-state index in [1.807, 2.05) is 30.8 Å². The van der Waals surface area contributed by atoms with E-state index in [0.29, 0.717) is 5.75 Å². The van der Waals surface area contributed by atoms with Crippen molar-refractivity contribution in [3.05, 3.63) is 35.5 Å². The Hall–Kier alpha value is -2.12. The summed E-state index contributed by atoms with van der Waals surface area (Å²) in [7, 11) is 1.95. The van der Waals surface area contributed by atoms with Crippen LogP contribution in [0.15, 0.2) is 24.3 Å². The number of hydrogen-bond acceptors (Lipinski definition) is 6. The topological polar surface area (TPSA) is 57.4 Å². The Balaban J connectivity index is 1.42. The number of phenolic OH excluding ortho intramolecular Hbond substituents is 1. The summed E-state index contributed by atoms with van der Waals surface area (Å²) >= 11 is 1.74. The molecule has 1 N–H and O–H groups in total. The van der Waals surface area contributed by atoms with E-state index in [1.165, 1.54) is 4.70 Å². The molecule has 6 nitrogen and oxygen atoms in total. The van der Waals surface area contributed by atoms with Crippen LogP contribution < -0.4 is 4.90 Å². The summed E-state index contributed by atoms with van der Waals surface area (Å²) < 4.78 is 3.05. The van der Waals surface area contributed by atoms with Crippen molar-refractivity contribution in [1.29, 1.82) is 0 Å². The number of thiazole rings is 1. The van der Waals surface area contributed by atoms with E-state index in [9.17, 15) is 5.11 Å². The Morgan fingerprint density at radius 1 is 1.21 bits per heavy atom. The zero-order valence-electron chi connectivity index (χ0n) is 13.9. The van der Waals surface area contributed by atoms with Crippen LogP contribution in [0.4, 0.5) is 5.13 Å². The minimum absolute atomic E-state index is 0.338. The number of phenols is 1. The predicted octanol–water partition coefficient (Wildman–Crippen LogP) is 2.37. The number of hydrogen-bond donors (Lipinski definition) is 1. The molecule has 0 unspecified atom stereocenters. The Bertz CT molecular complexity index is 829. The molecule has 1 saturated heterocycles. The molecule has 0 bridgehead atoms. The highest BCUT2D eigenvalue weighted by molar-refractivity contribution is 7.22. The van der Waals surface area contributed by atoms with Gasteiger partial charge in [-0.05, 0) is 24.6 Å². The highest BCUT2D eigenvalue weighted by Gasteiger charge is 2.21. The Labute approximate surface area is 145 Å². The highest BCUT2D eigenvalue weighted by atomic mass is 32.1. The van der Waals surface area contributed by atoms with Crippen LogP contribution in [0.25, 0.3) is 10.3 Å². The molecular formula is C17H21N5OS. The summed E-state index contributed by atoms with van der Waals surface area (Å²) in [5.41, 5.74) is 3.19. The molecule has 7 heteroatoms. The molecule has 3 aromatic rings. The van der Waals surface area contributed by atoms with Crippen LogP contribution in [0.5, 0.6) is 5.75 Å². The van der Waals surface area contributed by atoms with Gasteiger partial charge in [0.1, 0.15) is 5.75 Å². The summed E-state index contributed by atoms with van der Waals surface area (Å²) in [4.78, 5) is 9.56. The van der Waals surface area contributed by atoms with Crippen LogP contribution >= 0.6 is 11.3 Å². The highest BCUT2D eigenvalue weighted by Crippen LogP contribution is 2.31. The summed E-state index contributed by atoms with van der Waals surface area (Å²) in [6.45, 7) is 6.88. The van der Waals surface area contributed by atoms with Crippen molar-refractivity contribution < 1.29 is 5.11 Å². The van der Waals surface area contributed by atoms with Crippen LogP contribution in [0.3, 0.4) is 0 Å². The average molecular weight is 343 g/mol. The minimum atomic E-state index is 0.338. The molecule has 24 heavy (non-hydrogen) atoms. The van der Waals surface area contributed by atoms with Crippen molar-refractivity contribution in [2.45, 2.75) is 13.5 Å². The number of fused-ring (bicyclic) bond motifs is 1. The van der Waals surface area contributed by atoms with E-state index >= 15 is 0 Å². The third-order valence-electron chi connectivity index (χ3n) is 4.49. The van der Waals surface area contributed by atoms with Crippen LogP contribution in [0.2, 0.25) is 0 Å². The van der Waals surface area contributed by atoms with Gasteiger partial charge in [0, 0.05) is 39.8 Å². The maximum Gasteiger partial charge on any atom is 0.188 e. The summed E-state index contributed by atoms with van der Waals surface area (Å²) in [6.07, 6.45) is 0. The Kier molecular flexibility index (Phi) is 3.90. The third kappa shape index (κ3) is 2.85. The number of benzene rings is 1. The van der Waals surface area contributed by atoms with Crippen molar-refractivity contribution in [3.8, 4) is 5.75 Å². The first-order valence-electron chi connectivity index (χ1n) is 8.15. The summed E-state index contributed by atoms with van der Waals surface area (Å²) in [5.74, 6) is 0.338. The maximum atomic E-state index is 9.59. The average Bonchev–Trinajstić information content (AvgIpc) is 3.10. The SMILES string of the molecule is Cc1nn(C)c2nc(N3CCN(Cc4cccc(O)c4)CC3)sc12. The number of piperazine rings is 1. The largest absolute Gasteiger partial charge is 0.508 e. The van der Waals surface area contributed by atoms with Gasteiger partial charge in [0.15, 0.2) is 10.8 Å². The van der Waals surface area contributed by atoms with E-state index in [1.54, 1.807) is 17.4 Å². The van der Waals surface area contributed by atoms with E-state index in [-0.39, 0.29) is 0 Å². The Morgan fingerprint density at radius 2 is 2.00 bits per heavy atom. The van der Waals surface area contributed by atoms with Crippen molar-refractivity contribution >= 4 is 26.8 Å². The van der Waals surface area contributed by atoms with Gasteiger partial charge in [-0.25, -0.2) is 9.67 Å². The zero-order chi connectivity index (χ0) is 16.7. The standard InChI is InChI=1S/C17H21N5OS/c1-12-15-16(20(2)19-12)18-17(24-15)22-8-6-21(7-9-22)11-13-4-3-5-14(23)10-13/h3-5,10,23H,6-9,11H2,1-2H3. The third-order valence-corrected chi connectivity index (χ3v) is 5.71. The molecule has 0 aliphatic carbocycles. The van der Waals surface area contributed by atoms with E-state index in [0.717, 1.165) is 54.8 Å². The molecule has 0 saturated carbocycles. The molecule has 2 aromatic heterocycles. The lowest BCUT2D eigenvalue weighted by atomic mass is 10.2. The van der Waals surface area contributed by atoms with Gasteiger partial charge in [-0.3, -0.25) is 4.90 Å². The molecule has 0 radical (unpaired) electrons. The number of rotatable bonds is 3. The first kappa shape index (κ1) is 15.4. The Morgan fingerprint density at radius 3 is 2.71 bits per heavy atom. The van der Waals surface area contributed by atoms with Gasteiger partial charge in [-0.15, -0.1) is 0 Å². The van der Waals surface area contributed by atoms with Gasteiger partial charge in [-0.2, -0.15) is 5.10 Å². The molecule has 0 amide bonds. The van der Waals surface area contributed by atoms with Crippen molar-refractivity contribution in [1.82, 2.24) is 19.7 Å². The predicted molar refractivity (Wildman–Crippen MR) is 96.7 cm³/mol. The number of aromatic nitrogens is 3. The fourth-order valence-electron chi connectivity index (χ4n) is 3.22. The van der Waals surface area contributed by atoms with Crippen LogP contribution in [-0.2, 0) is 13.6 Å². The molecular weight excluding hydrogens is 322 g/mol. The fraction of sp³-hybridized carbons (Fsp3) is 0.412. The smallest absolute Gasteiger partial charge is 0.188 e. The first-order chi connectivity index (χ1) is 11.6. The van der Waals surface area contributed by atoms with Gasteiger partial charge in [-0.1, -0.05) is 23.5 Å². The molecule has 1 aliphatic rings. The van der Waals surface area contributed by atoms with Crippen molar-refractivity contribution in [3.63, 3.8) is 0 Å². The minimum Gasteiger partial charge on any atom is -0.508 e. The molecule has 3 heterocycles. The lowest BCUT2D eigenvalue weighted by Crippen LogP contribution is -2.45. The molecule has 126 valence electrons. The molecule has 1 aromatic carbocycles. The summed E-state index contributed by atoms with van der Waals surface area (Å²) in [5, 5.41) is 15.1. The zero-order valence-corrected chi connectivity index (χ0v) is 14.8. The second-order valence-corrected chi connectivity index (χ2v) is 7.27. The van der Waals surface area contributed by atoms with Gasteiger partial charge in [0.05, 0.1) is 10.4 Å². The molecule has 1 fully saturated rings. The molecule has 4 rings (SSSR count). The number of anilines is 1. The van der Waals surface area contributed by atoms with Gasteiger partial charge < -0.3 is 10.0 Å². The lowest BCUT2D eigenvalue weighted by molar-refractivity contribution is 0.249. The quantitative estimate of drug-likeness (QED) is 0.791. The molecule has 0 spiro atoms. The molecule has 0 atom stereocenters. The number of aryl methyl sites for hydroxylation is 2. The van der Waals surface area contributed by atoms with E-state index in [2.05, 4.69) is 21.0 Å². The van der Waals surface area contributed by atoms with Crippen molar-refractivity contribution in [2.24, 2.45) is 7.05 Å². The monoisotopic (exact) mass is 343 g/mol. The van der Waals surface area contributed by atoms with Crippen LogP contribution in [-0.4, -0.2) is 50.9 Å². The second-order valence-electron chi connectivity index (χ2n) is 6.29. The van der Waals surface area contributed by atoms with Gasteiger partial charge in [0.25, 0.3) is 0 Å². The first-order valence-corrected chi connectivity index (χ1v) is 8.97. The van der Waals surface area contributed by atoms with Gasteiger partial charge >= 0.3 is 0 Å². The van der Waals surface area contributed by atoms with E-state index < -0.39 is 0 Å². The van der Waals surface area contributed by atoms with Crippen molar-refractivity contribution in [2.75, 3.05) is 31.1 Å². The normalized spacial score (nSPS) is 16.2. The van der Waals surface area contributed by atoms with Crippen LogP contribution in [0, 0.1) is 6.92 Å². The summed E-state index contributed by atoms with van der Waals surface area (Å²) in [6, 6.07) is 7.52.